The molecule has 0 N–H and O–H groups in total. The average Bonchev–Trinajstić information content (AvgIpc) is 2.34. The molecule has 12 heavy (non-hydrogen) atoms. The zero-order valence-corrected chi connectivity index (χ0v) is 6.83. The van der Waals surface area contributed by atoms with E-state index >= 15 is 0 Å². The number of cyclic esters (lactones) is 1. The van der Waals surface area contributed by atoms with Crippen LogP contribution in [0.1, 0.15) is 6.92 Å². The maximum atomic E-state index is 11.1. The Morgan fingerprint density at radius 2 is 2.50 bits per heavy atom. The molecule has 0 aromatic rings. The molecule has 0 saturated carbocycles. The van der Waals surface area contributed by atoms with Crippen molar-refractivity contribution in [3.05, 3.63) is 12.2 Å². The van der Waals surface area contributed by atoms with Gasteiger partial charge in [-0.3, -0.25) is 4.79 Å². The maximum Gasteiger partial charge on any atom is 0.334 e. The number of hydrogen-bond donors (Lipinski definition) is 0. The lowest BCUT2D eigenvalue weighted by atomic mass is 10.1. The molecule has 4 heteroatoms. The fraction of sp³-hybridized carbons (Fsp3) is 0.500. The third-order valence-corrected chi connectivity index (χ3v) is 1.64. The van der Waals surface area contributed by atoms with Crippen molar-refractivity contribution in [2.24, 2.45) is 5.92 Å². The topological polar surface area (TPSA) is 52.6 Å². The molecule has 0 amide bonds. The van der Waals surface area contributed by atoms with Gasteiger partial charge in [0.2, 0.25) is 0 Å². The Labute approximate surface area is 70.1 Å². The summed E-state index contributed by atoms with van der Waals surface area (Å²) in [4.78, 5) is 21.8. The van der Waals surface area contributed by atoms with Crippen molar-refractivity contribution in [2.45, 2.75) is 6.92 Å². The second-order valence-electron chi connectivity index (χ2n) is 2.43. The van der Waals surface area contributed by atoms with Gasteiger partial charge in [0.25, 0.3) is 0 Å². The van der Waals surface area contributed by atoms with Gasteiger partial charge in [0.15, 0.2) is 0 Å². The molecule has 1 aliphatic rings. The summed E-state index contributed by atoms with van der Waals surface area (Å²) in [7, 11) is 0. The lowest BCUT2D eigenvalue weighted by Crippen LogP contribution is -2.19. The predicted octanol–water partition coefficient (Wildman–Crippen LogP) is 0.279. The number of hydrogen-bond acceptors (Lipinski definition) is 4. The molecule has 0 unspecified atom stereocenters. The molecular formula is C8H10O4. The van der Waals surface area contributed by atoms with Crippen molar-refractivity contribution in [3.8, 4) is 0 Å². The van der Waals surface area contributed by atoms with Gasteiger partial charge in [-0.1, -0.05) is 6.58 Å². The first-order valence-corrected chi connectivity index (χ1v) is 3.69. The molecule has 4 nitrogen and oxygen atoms in total. The number of ether oxygens (including phenoxy) is 2. The third-order valence-electron chi connectivity index (χ3n) is 1.64. The molecule has 0 aromatic carbocycles. The van der Waals surface area contributed by atoms with Crippen LogP contribution in [0.15, 0.2) is 12.2 Å². The van der Waals surface area contributed by atoms with Gasteiger partial charge in [-0.15, -0.1) is 0 Å². The molecule has 1 aliphatic heterocycles. The van der Waals surface area contributed by atoms with Gasteiger partial charge in [-0.05, 0) is 6.92 Å². The van der Waals surface area contributed by atoms with E-state index < -0.39 is 17.9 Å². The smallest absolute Gasteiger partial charge is 0.334 e. The van der Waals surface area contributed by atoms with Gasteiger partial charge in [0.05, 0.1) is 6.61 Å². The molecule has 1 atom stereocenters. The van der Waals surface area contributed by atoms with Crippen LogP contribution in [0.25, 0.3) is 0 Å². The van der Waals surface area contributed by atoms with E-state index in [1.165, 1.54) is 0 Å². The Hall–Kier alpha value is -1.32. The van der Waals surface area contributed by atoms with Crippen molar-refractivity contribution in [1.29, 1.82) is 0 Å². The second-order valence-corrected chi connectivity index (χ2v) is 2.43. The normalized spacial score (nSPS) is 22.2. The minimum Gasteiger partial charge on any atom is -0.465 e. The SMILES string of the molecule is C=C1C(=O)OC[C@@H]1C(=O)OCC. The van der Waals surface area contributed by atoms with Crippen molar-refractivity contribution >= 4 is 11.9 Å². The van der Waals surface area contributed by atoms with Crippen LogP contribution in [-0.2, 0) is 19.1 Å². The monoisotopic (exact) mass is 170 g/mol. The highest BCUT2D eigenvalue weighted by Crippen LogP contribution is 2.20. The van der Waals surface area contributed by atoms with Gasteiger partial charge in [0.1, 0.15) is 12.5 Å². The lowest BCUT2D eigenvalue weighted by Gasteiger charge is -2.05. The summed E-state index contributed by atoms with van der Waals surface area (Å²) in [5.74, 6) is -1.54. The third kappa shape index (κ3) is 1.47. The summed E-state index contributed by atoms with van der Waals surface area (Å²) >= 11 is 0. The van der Waals surface area contributed by atoms with E-state index in [9.17, 15) is 9.59 Å². The highest BCUT2D eigenvalue weighted by molar-refractivity contribution is 5.97. The van der Waals surface area contributed by atoms with Crippen LogP contribution < -0.4 is 0 Å². The van der Waals surface area contributed by atoms with Crippen LogP contribution in [0.3, 0.4) is 0 Å². The Morgan fingerprint density at radius 1 is 1.83 bits per heavy atom. The van der Waals surface area contributed by atoms with Crippen molar-refractivity contribution in [2.75, 3.05) is 13.2 Å². The molecule has 1 fully saturated rings. The van der Waals surface area contributed by atoms with E-state index in [1.807, 2.05) is 0 Å². The fourth-order valence-electron chi connectivity index (χ4n) is 0.948. The first kappa shape index (κ1) is 8.77. The zero-order valence-electron chi connectivity index (χ0n) is 6.83. The minimum atomic E-state index is -0.600. The van der Waals surface area contributed by atoms with E-state index in [1.54, 1.807) is 6.92 Å². The molecule has 66 valence electrons. The largest absolute Gasteiger partial charge is 0.465 e. The van der Waals surface area contributed by atoms with Gasteiger partial charge in [0, 0.05) is 5.57 Å². The van der Waals surface area contributed by atoms with Crippen LogP contribution in [0.2, 0.25) is 0 Å². The fourth-order valence-corrected chi connectivity index (χ4v) is 0.948. The summed E-state index contributed by atoms with van der Waals surface area (Å²) in [6.45, 7) is 5.52. The van der Waals surface area contributed by atoms with Crippen LogP contribution in [0, 0.1) is 5.92 Å². The van der Waals surface area contributed by atoms with E-state index in [4.69, 9.17) is 4.74 Å². The summed E-state index contributed by atoms with van der Waals surface area (Å²) in [5, 5.41) is 0. The molecular weight excluding hydrogens is 160 g/mol. The van der Waals surface area contributed by atoms with E-state index in [-0.39, 0.29) is 12.2 Å². The zero-order chi connectivity index (χ0) is 9.14. The standard InChI is InChI=1S/C8H10O4/c1-3-11-8(10)6-4-12-7(9)5(6)2/h6H,2-4H2,1H3/t6-/m0/s1. The number of rotatable bonds is 2. The molecule has 1 rings (SSSR count). The van der Waals surface area contributed by atoms with E-state index in [0.29, 0.717) is 6.61 Å². The molecule has 0 spiro atoms. The number of carbonyl (C=O) groups is 2. The highest BCUT2D eigenvalue weighted by atomic mass is 16.6. The van der Waals surface area contributed by atoms with Gasteiger partial charge in [-0.2, -0.15) is 0 Å². The van der Waals surface area contributed by atoms with Gasteiger partial charge < -0.3 is 9.47 Å². The first-order chi connectivity index (χ1) is 5.66. The predicted molar refractivity (Wildman–Crippen MR) is 40.2 cm³/mol. The molecule has 0 aliphatic carbocycles. The summed E-state index contributed by atoms with van der Waals surface area (Å²) < 4.78 is 9.32. The Kier molecular flexibility index (Phi) is 2.47. The summed E-state index contributed by atoms with van der Waals surface area (Å²) in [6, 6.07) is 0. The van der Waals surface area contributed by atoms with Gasteiger partial charge >= 0.3 is 11.9 Å². The van der Waals surface area contributed by atoms with Crippen LogP contribution in [-0.4, -0.2) is 25.2 Å². The molecule has 0 aromatic heterocycles. The Bertz CT molecular complexity index is 231. The number of carbonyl (C=O) groups excluding carboxylic acids is 2. The molecule has 1 saturated heterocycles. The first-order valence-electron chi connectivity index (χ1n) is 3.69. The van der Waals surface area contributed by atoms with Crippen LogP contribution >= 0.6 is 0 Å². The van der Waals surface area contributed by atoms with E-state index in [0.717, 1.165) is 0 Å². The summed E-state index contributed by atoms with van der Waals surface area (Å²) in [6.07, 6.45) is 0. The second kappa shape index (κ2) is 3.38. The number of esters is 2. The highest BCUT2D eigenvalue weighted by Gasteiger charge is 2.35. The summed E-state index contributed by atoms with van der Waals surface area (Å²) in [5.41, 5.74) is 0.188. The quantitative estimate of drug-likeness (QED) is 0.441. The van der Waals surface area contributed by atoms with Gasteiger partial charge in [-0.25, -0.2) is 4.79 Å². The minimum absolute atomic E-state index is 0.0660. The molecule has 1 heterocycles. The molecule has 0 radical (unpaired) electrons. The van der Waals surface area contributed by atoms with Crippen molar-refractivity contribution < 1.29 is 19.1 Å². The lowest BCUT2D eigenvalue weighted by molar-refractivity contribution is -0.146. The Balaban J connectivity index is 2.59. The van der Waals surface area contributed by atoms with Crippen LogP contribution in [0.4, 0.5) is 0 Å². The van der Waals surface area contributed by atoms with E-state index in [2.05, 4.69) is 11.3 Å². The van der Waals surface area contributed by atoms with Crippen molar-refractivity contribution in [1.82, 2.24) is 0 Å². The maximum absolute atomic E-state index is 11.1. The average molecular weight is 170 g/mol. The van der Waals surface area contributed by atoms with Crippen LogP contribution in [0.5, 0.6) is 0 Å². The van der Waals surface area contributed by atoms with Crippen molar-refractivity contribution in [3.63, 3.8) is 0 Å². The molecule has 0 bridgehead atoms. The Morgan fingerprint density at radius 3 is 2.92 bits per heavy atom.